The van der Waals surface area contributed by atoms with Gasteiger partial charge in [-0.2, -0.15) is 0 Å². The lowest BCUT2D eigenvalue weighted by atomic mass is 9.89. The van der Waals surface area contributed by atoms with Crippen LogP contribution in [0, 0.1) is 0 Å². The Balaban J connectivity index is 1.60. The Hall–Kier alpha value is -1.17. The predicted octanol–water partition coefficient (Wildman–Crippen LogP) is 2.47. The number of amides is 1. The zero-order valence-corrected chi connectivity index (χ0v) is 14.1. The highest BCUT2D eigenvalue weighted by Crippen LogP contribution is 2.35. The molecule has 120 valence electrons. The van der Waals surface area contributed by atoms with E-state index < -0.39 is 0 Å². The van der Waals surface area contributed by atoms with Gasteiger partial charge in [0.25, 0.3) is 0 Å². The van der Waals surface area contributed by atoms with E-state index in [1.54, 1.807) is 17.4 Å². The van der Waals surface area contributed by atoms with E-state index in [4.69, 9.17) is 4.74 Å². The largest absolute Gasteiger partial charge is 0.373 e. The van der Waals surface area contributed by atoms with Gasteiger partial charge in [-0.3, -0.25) is 4.79 Å². The van der Waals surface area contributed by atoms with Gasteiger partial charge in [-0.1, -0.05) is 6.07 Å². The average molecular weight is 320 g/mol. The summed E-state index contributed by atoms with van der Waals surface area (Å²) in [6.07, 6.45) is 6.66. The summed E-state index contributed by atoms with van der Waals surface area (Å²) in [5.41, 5.74) is -0.125. The molecule has 5 heteroatoms. The van der Waals surface area contributed by atoms with Crippen LogP contribution in [-0.2, 0) is 9.53 Å². The van der Waals surface area contributed by atoms with Crippen molar-refractivity contribution in [1.82, 2.24) is 9.80 Å². The number of hydrogen-bond acceptors (Lipinski definition) is 4. The van der Waals surface area contributed by atoms with Gasteiger partial charge in [-0.05, 0) is 50.9 Å². The van der Waals surface area contributed by atoms with Gasteiger partial charge in [0.05, 0.1) is 12.1 Å². The van der Waals surface area contributed by atoms with Crippen LogP contribution in [0.15, 0.2) is 23.6 Å². The normalized spacial score (nSPS) is 29.0. The molecule has 1 amide bonds. The summed E-state index contributed by atoms with van der Waals surface area (Å²) in [5.74, 6) is 0.0980. The molecule has 4 nitrogen and oxygen atoms in total. The van der Waals surface area contributed by atoms with Crippen molar-refractivity contribution in [2.75, 3.05) is 33.8 Å². The van der Waals surface area contributed by atoms with E-state index in [0.717, 1.165) is 43.8 Å². The Morgan fingerprint density at radius 2 is 2.41 bits per heavy atom. The molecule has 0 aromatic carbocycles. The third kappa shape index (κ3) is 3.42. The summed E-state index contributed by atoms with van der Waals surface area (Å²) in [6, 6.07) is 4.58. The molecule has 2 aliphatic rings. The van der Waals surface area contributed by atoms with Gasteiger partial charge >= 0.3 is 0 Å². The standard InChI is InChI=1S/C17H24N2O2S/c1-18(2)14-7-10-21-17(12-14)8-9-19(13-17)16(20)6-5-15-4-3-11-22-15/h3-6,11,14H,7-10,12-13H2,1-2H3/b6-5+/t14-,17-/m0/s1. The van der Waals surface area contributed by atoms with Crippen molar-refractivity contribution in [2.24, 2.45) is 0 Å². The molecule has 1 spiro atoms. The smallest absolute Gasteiger partial charge is 0.246 e. The molecule has 1 aromatic rings. The third-order valence-corrected chi connectivity index (χ3v) is 5.60. The van der Waals surface area contributed by atoms with Crippen LogP contribution in [0.3, 0.4) is 0 Å². The van der Waals surface area contributed by atoms with E-state index in [2.05, 4.69) is 19.0 Å². The molecule has 0 unspecified atom stereocenters. The van der Waals surface area contributed by atoms with Crippen LogP contribution < -0.4 is 0 Å². The second-order valence-corrected chi connectivity index (χ2v) is 7.48. The van der Waals surface area contributed by atoms with Crippen molar-refractivity contribution in [3.8, 4) is 0 Å². The first-order valence-corrected chi connectivity index (χ1v) is 8.77. The van der Waals surface area contributed by atoms with Gasteiger partial charge in [-0.15, -0.1) is 11.3 Å². The second-order valence-electron chi connectivity index (χ2n) is 6.50. The Bertz CT molecular complexity index is 541. The van der Waals surface area contributed by atoms with Crippen LogP contribution in [0.5, 0.6) is 0 Å². The molecule has 2 saturated heterocycles. The minimum Gasteiger partial charge on any atom is -0.373 e. The van der Waals surface area contributed by atoms with E-state index in [1.165, 1.54) is 0 Å². The van der Waals surface area contributed by atoms with Gasteiger partial charge in [0, 0.05) is 30.1 Å². The maximum absolute atomic E-state index is 12.4. The van der Waals surface area contributed by atoms with Gasteiger partial charge < -0.3 is 14.5 Å². The van der Waals surface area contributed by atoms with Gasteiger partial charge in [0.1, 0.15) is 0 Å². The number of likely N-dealkylation sites (tertiary alicyclic amines) is 1. The molecule has 0 saturated carbocycles. The van der Waals surface area contributed by atoms with Crippen LogP contribution in [0.2, 0.25) is 0 Å². The van der Waals surface area contributed by atoms with Crippen LogP contribution in [-0.4, -0.2) is 61.1 Å². The monoisotopic (exact) mass is 320 g/mol. The average Bonchev–Trinajstić information content (AvgIpc) is 3.15. The SMILES string of the molecule is CN(C)[C@H]1CCO[C@@]2(CCN(C(=O)/C=C/c3cccs3)C2)C1. The van der Waals surface area contributed by atoms with Gasteiger partial charge in [0.2, 0.25) is 5.91 Å². The molecule has 0 aliphatic carbocycles. The first kappa shape index (κ1) is 15.7. The first-order valence-electron chi connectivity index (χ1n) is 7.89. The molecule has 0 N–H and O–H groups in total. The number of hydrogen-bond donors (Lipinski definition) is 0. The molecular formula is C17H24N2O2S. The van der Waals surface area contributed by atoms with Crippen molar-refractivity contribution in [1.29, 1.82) is 0 Å². The van der Waals surface area contributed by atoms with Crippen molar-refractivity contribution in [2.45, 2.75) is 30.9 Å². The number of rotatable bonds is 3. The van der Waals surface area contributed by atoms with Crippen LogP contribution >= 0.6 is 11.3 Å². The molecule has 2 aliphatic heterocycles. The Morgan fingerprint density at radius 3 is 3.14 bits per heavy atom. The number of carbonyl (C=O) groups excluding carboxylic acids is 1. The minimum absolute atomic E-state index is 0.0980. The fraction of sp³-hybridized carbons (Fsp3) is 0.588. The minimum atomic E-state index is -0.125. The zero-order valence-electron chi connectivity index (χ0n) is 13.3. The molecule has 2 fully saturated rings. The number of nitrogens with zero attached hydrogens (tertiary/aromatic N) is 2. The highest BCUT2D eigenvalue weighted by molar-refractivity contribution is 7.10. The molecule has 3 heterocycles. The van der Waals surface area contributed by atoms with E-state index in [1.807, 2.05) is 28.5 Å². The number of carbonyl (C=O) groups is 1. The quantitative estimate of drug-likeness (QED) is 0.802. The lowest BCUT2D eigenvalue weighted by molar-refractivity contribution is -0.129. The van der Waals surface area contributed by atoms with Crippen LogP contribution in [0.25, 0.3) is 6.08 Å². The Kier molecular flexibility index (Phi) is 4.66. The van der Waals surface area contributed by atoms with Gasteiger partial charge in [0.15, 0.2) is 0 Å². The molecule has 2 atom stereocenters. The highest BCUT2D eigenvalue weighted by atomic mass is 32.1. The lowest BCUT2D eigenvalue weighted by Gasteiger charge is -2.40. The molecule has 3 rings (SSSR count). The fourth-order valence-corrected chi connectivity index (χ4v) is 4.02. The van der Waals surface area contributed by atoms with Crippen molar-refractivity contribution in [3.63, 3.8) is 0 Å². The van der Waals surface area contributed by atoms with E-state index in [0.29, 0.717) is 6.04 Å². The highest BCUT2D eigenvalue weighted by Gasteiger charge is 2.44. The Morgan fingerprint density at radius 1 is 1.55 bits per heavy atom. The second kappa shape index (κ2) is 6.52. The van der Waals surface area contributed by atoms with Crippen molar-refractivity contribution in [3.05, 3.63) is 28.5 Å². The Labute approximate surface area is 136 Å². The maximum atomic E-state index is 12.4. The molecule has 1 aromatic heterocycles. The fourth-order valence-electron chi connectivity index (χ4n) is 3.40. The number of thiophene rings is 1. The third-order valence-electron chi connectivity index (χ3n) is 4.76. The molecular weight excluding hydrogens is 296 g/mol. The van der Waals surface area contributed by atoms with E-state index in [-0.39, 0.29) is 11.5 Å². The summed E-state index contributed by atoms with van der Waals surface area (Å²) in [4.78, 5) is 17.7. The van der Waals surface area contributed by atoms with E-state index in [9.17, 15) is 4.79 Å². The molecule has 22 heavy (non-hydrogen) atoms. The molecule has 0 bridgehead atoms. The molecule has 0 radical (unpaired) electrons. The van der Waals surface area contributed by atoms with Crippen LogP contribution in [0.1, 0.15) is 24.1 Å². The summed E-state index contributed by atoms with van der Waals surface area (Å²) in [5, 5.41) is 2.02. The lowest BCUT2D eigenvalue weighted by Crippen LogP contribution is -2.48. The summed E-state index contributed by atoms with van der Waals surface area (Å²) < 4.78 is 6.10. The summed E-state index contributed by atoms with van der Waals surface area (Å²) >= 11 is 1.64. The first-order chi connectivity index (χ1) is 10.6. The topological polar surface area (TPSA) is 32.8 Å². The van der Waals surface area contributed by atoms with E-state index >= 15 is 0 Å². The summed E-state index contributed by atoms with van der Waals surface area (Å²) in [7, 11) is 4.26. The zero-order chi connectivity index (χ0) is 15.6. The van der Waals surface area contributed by atoms with Crippen LogP contribution in [0.4, 0.5) is 0 Å². The maximum Gasteiger partial charge on any atom is 0.246 e. The predicted molar refractivity (Wildman–Crippen MR) is 89.9 cm³/mol. The summed E-state index contributed by atoms with van der Waals surface area (Å²) in [6.45, 7) is 2.33. The number of ether oxygens (including phenoxy) is 1. The van der Waals surface area contributed by atoms with Crippen molar-refractivity contribution >= 4 is 23.3 Å². The van der Waals surface area contributed by atoms with Gasteiger partial charge in [-0.25, -0.2) is 0 Å². The van der Waals surface area contributed by atoms with Crippen molar-refractivity contribution < 1.29 is 9.53 Å².